The first-order valence-electron chi connectivity index (χ1n) is 6.86. The Balaban J connectivity index is 1.60. The molecule has 5 nitrogen and oxygen atoms in total. The van der Waals surface area contributed by atoms with Crippen molar-refractivity contribution in [3.63, 3.8) is 0 Å². The van der Waals surface area contributed by atoms with Gasteiger partial charge >= 0.3 is 5.97 Å². The van der Waals surface area contributed by atoms with E-state index in [1.54, 1.807) is 0 Å². The smallest absolute Gasteiger partial charge is 0.322 e. The number of hydrogen-bond donors (Lipinski definition) is 2. The minimum absolute atomic E-state index is 0.264. The Morgan fingerprint density at radius 1 is 1.25 bits per heavy atom. The number of carboxylic acid groups (broad SMARTS) is 1. The third-order valence-corrected chi connectivity index (χ3v) is 3.18. The Bertz CT molecular complexity index is 465. The highest BCUT2D eigenvalue weighted by atomic mass is 16.5. The molecule has 0 bridgehead atoms. The number of amides is 1. The highest BCUT2D eigenvalue weighted by molar-refractivity contribution is 5.80. The molecule has 1 aromatic carbocycles. The van der Waals surface area contributed by atoms with E-state index in [1.807, 2.05) is 12.1 Å². The number of carbonyl (C=O) groups is 2. The first-order chi connectivity index (χ1) is 9.65. The number of rotatable bonds is 8. The molecular weight excluding hydrogens is 258 g/mol. The molecular formula is C15H19NO4. The van der Waals surface area contributed by atoms with Crippen LogP contribution in [0.3, 0.4) is 0 Å². The van der Waals surface area contributed by atoms with Gasteiger partial charge < -0.3 is 15.2 Å². The Hall–Kier alpha value is -2.04. The molecule has 0 radical (unpaired) electrons. The molecule has 108 valence electrons. The average molecular weight is 277 g/mol. The van der Waals surface area contributed by atoms with Crippen molar-refractivity contribution >= 4 is 11.9 Å². The Morgan fingerprint density at radius 2 is 1.95 bits per heavy atom. The molecule has 0 heterocycles. The van der Waals surface area contributed by atoms with Crippen molar-refractivity contribution in [2.24, 2.45) is 0 Å². The highest BCUT2D eigenvalue weighted by Crippen LogP contribution is 2.40. The van der Waals surface area contributed by atoms with Crippen molar-refractivity contribution in [2.75, 3.05) is 13.2 Å². The number of aliphatic carboxylic acids is 1. The SMILES string of the molecule is O=C(O)CNC(=O)CCCOc1ccc(C2CC2)cc1. The maximum atomic E-state index is 11.3. The number of benzene rings is 1. The van der Waals surface area contributed by atoms with Gasteiger partial charge in [-0.1, -0.05) is 12.1 Å². The Kier molecular flexibility index (Phi) is 4.98. The van der Waals surface area contributed by atoms with E-state index in [4.69, 9.17) is 9.84 Å². The van der Waals surface area contributed by atoms with E-state index in [0.717, 1.165) is 11.7 Å². The molecule has 0 spiro atoms. The van der Waals surface area contributed by atoms with Gasteiger partial charge in [0.1, 0.15) is 12.3 Å². The molecule has 2 N–H and O–H groups in total. The first kappa shape index (κ1) is 14.4. The predicted molar refractivity (Wildman–Crippen MR) is 73.8 cm³/mol. The third-order valence-electron chi connectivity index (χ3n) is 3.18. The molecule has 1 fully saturated rings. The first-order valence-corrected chi connectivity index (χ1v) is 6.86. The van der Waals surface area contributed by atoms with E-state index in [2.05, 4.69) is 17.4 Å². The lowest BCUT2D eigenvalue weighted by Gasteiger charge is -2.07. The second kappa shape index (κ2) is 6.93. The van der Waals surface area contributed by atoms with Crippen LogP contribution in [-0.4, -0.2) is 30.1 Å². The van der Waals surface area contributed by atoms with E-state index < -0.39 is 5.97 Å². The molecule has 0 aliphatic heterocycles. The Morgan fingerprint density at radius 3 is 2.55 bits per heavy atom. The minimum atomic E-state index is -1.04. The molecule has 0 saturated heterocycles. The third kappa shape index (κ3) is 4.91. The number of carboxylic acids is 1. The highest BCUT2D eigenvalue weighted by Gasteiger charge is 2.22. The summed E-state index contributed by atoms with van der Waals surface area (Å²) in [6.07, 6.45) is 3.40. The maximum absolute atomic E-state index is 11.3. The summed E-state index contributed by atoms with van der Waals surface area (Å²) in [5.41, 5.74) is 1.37. The van der Waals surface area contributed by atoms with Crippen LogP contribution >= 0.6 is 0 Å². The lowest BCUT2D eigenvalue weighted by molar-refractivity contribution is -0.137. The van der Waals surface area contributed by atoms with E-state index in [9.17, 15) is 9.59 Å². The zero-order valence-corrected chi connectivity index (χ0v) is 11.3. The van der Waals surface area contributed by atoms with Crippen molar-refractivity contribution in [3.8, 4) is 5.75 Å². The zero-order chi connectivity index (χ0) is 14.4. The topological polar surface area (TPSA) is 75.6 Å². The van der Waals surface area contributed by atoms with Crippen LogP contribution in [0, 0.1) is 0 Å². The molecule has 1 amide bonds. The van der Waals surface area contributed by atoms with Crippen LogP contribution in [-0.2, 0) is 9.59 Å². The zero-order valence-electron chi connectivity index (χ0n) is 11.3. The summed E-state index contributed by atoms with van der Waals surface area (Å²) >= 11 is 0. The minimum Gasteiger partial charge on any atom is -0.494 e. The fourth-order valence-electron chi connectivity index (χ4n) is 1.94. The van der Waals surface area contributed by atoms with Crippen LogP contribution < -0.4 is 10.1 Å². The summed E-state index contributed by atoms with van der Waals surface area (Å²) < 4.78 is 5.54. The summed E-state index contributed by atoms with van der Waals surface area (Å²) in [5, 5.41) is 10.7. The standard InChI is InChI=1S/C15H19NO4/c17-14(16-10-15(18)19)2-1-9-20-13-7-5-12(6-8-13)11-3-4-11/h5-8,11H,1-4,9-10H2,(H,16,17)(H,18,19). The number of hydrogen-bond acceptors (Lipinski definition) is 3. The van der Waals surface area contributed by atoms with Crippen LogP contribution in [0.2, 0.25) is 0 Å². The van der Waals surface area contributed by atoms with E-state index in [-0.39, 0.29) is 18.9 Å². The fraction of sp³-hybridized carbons (Fsp3) is 0.467. The molecule has 5 heteroatoms. The van der Waals surface area contributed by atoms with Gasteiger partial charge in [0.2, 0.25) is 5.91 Å². The quantitative estimate of drug-likeness (QED) is 0.712. The summed E-state index contributed by atoms with van der Waals surface area (Å²) in [5.74, 6) is 0.243. The lowest BCUT2D eigenvalue weighted by Crippen LogP contribution is -2.29. The Labute approximate surface area is 117 Å². The van der Waals surface area contributed by atoms with E-state index in [1.165, 1.54) is 18.4 Å². The normalized spacial score (nSPS) is 13.8. The summed E-state index contributed by atoms with van der Waals surface area (Å²) in [6.45, 7) is 0.117. The van der Waals surface area contributed by atoms with Gasteiger partial charge in [-0.2, -0.15) is 0 Å². The summed E-state index contributed by atoms with van der Waals surface area (Å²) in [6, 6.07) is 8.09. The number of ether oxygens (including phenoxy) is 1. The largest absolute Gasteiger partial charge is 0.494 e. The van der Waals surface area contributed by atoms with Gasteiger partial charge in [0.25, 0.3) is 0 Å². The van der Waals surface area contributed by atoms with Gasteiger partial charge in [-0.05, 0) is 42.9 Å². The van der Waals surface area contributed by atoms with Crippen LogP contribution in [0.25, 0.3) is 0 Å². The molecule has 0 atom stereocenters. The number of nitrogens with one attached hydrogen (secondary N) is 1. The maximum Gasteiger partial charge on any atom is 0.322 e. The van der Waals surface area contributed by atoms with Gasteiger partial charge in [-0.25, -0.2) is 0 Å². The van der Waals surface area contributed by atoms with Gasteiger partial charge in [0.15, 0.2) is 0 Å². The average Bonchev–Trinajstić information content (AvgIpc) is 3.26. The molecule has 0 aromatic heterocycles. The van der Waals surface area contributed by atoms with Gasteiger partial charge in [0, 0.05) is 6.42 Å². The van der Waals surface area contributed by atoms with Crippen LogP contribution in [0.15, 0.2) is 24.3 Å². The predicted octanol–water partition coefficient (Wildman–Crippen LogP) is 1.92. The lowest BCUT2D eigenvalue weighted by atomic mass is 10.1. The van der Waals surface area contributed by atoms with Crippen LogP contribution in [0.1, 0.15) is 37.2 Å². The molecule has 1 saturated carbocycles. The van der Waals surface area contributed by atoms with E-state index >= 15 is 0 Å². The summed E-state index contributed by atoms with van der Waals surface area (Å²) in [7, 11) is 0. The van der Waals surface area contributed by atoms with Crippen LogP contribution in [0.4, 0.5) is 0 Å². The van der Waals surface area contributed by atoms with Crippen molar-refractivity contribution in [1.82, 2.24) is 5.32 Å². The van der Waals surface area contributed by atoms with Crippen molar-refractivity contribution in [2.45, 2.75) is 31.6 Å². The van der Waals surface area contributed by atoms with Gasteiger partial charge in [-0.15, -0.1) is 0 Å². The molecule has 20 heavy (non-hydrogen) atoms. The van der Waals surface area contributed by atoms with Crippen molar-refractivity contribution in [3.05, 3.63) is 29.8 Å². The summed E-state index contributed by atoms with van der Waals surface area (Å²) in [4.78, 5) is 21.5. The van der Waals surface area contributed by atoms with Crippen molar-refractivity contribution in [1.29, 1.82) is 0 Å². The molecule has 1 aliphatic carbocycles. The van der Waals surface area contributed by atoms with Crippen LogP contribution in [0.5, 0.6) is 5.75 Å². The monoisotopic (exact) mass is 277 g/mol. The molecule has 1 aliphatic rings. The molecule has 0 unspecified atom stereocenters. The van der Waals surface area contributed by atoms with Gasteiger partial charge in [-0.3, -0.25) is 9.59 Å². The number of carbonyl (C=O) groups excluding carboxylic acids is 1. The molecule has 2 rings (SSSR count). The van der Waals surface area contributed by atoms with E-state index in [0.29, 0.717) is 13.0 Å². The fourth-order valence-corrected chi connectivity index (χ4v) is 1.94. The molecule has 1 aromatic rings. The van der Waals surface area contributed by atoms with Gasteiger partial charge in [0.05, 0.1) is 6.61 Å². The second-order valence-corrected chi connectivity index (χ2v) is 4.97. The second-order valence-electron chi connectivity index (χ2n) is 4.97. The van der Waals surface area contributed by atoms with Crippen molar-refractivity contribution < 1.29 is 19.4 Å².